The Balaban J connectivity index is 2.72. The van der Waals surface area contributed by atoms with Gasteiger partial charge in [-0.25, -0.2) is 0 Å². The number of benzene rings is 1. The zero-order valence-electron chi connectivity index (χ0n) is 12.2. The molecule has 2 amide bonds. The van der Waals surface area contributed by atoms with E-state index in [4.69, 9.17) is 21.1 Å². The van der Waals surface area contributed by atoms with Crippen molar-refractivity contribution < 1.29 is 32.2 Å². The van der Waals surface area contributed by atoms with E-state index in [1.54, 1.807) is 0 Å². The molecule has 0 aliphatic carbocycles. The fourth-order valence-electron chi connectivity index (χ4n) is 1.53. The first-order valence-electron chi connectivity index (χ1n) is 6.20. The number of carbonyl (C=O) groups is 2. The molecular weight excluding hydrogens is 341 g/mol. The van der Waals surface area contributed by atoms with Gasteiger partial charge in [-0.2, -0.15) is 13.2 Å². The SMILES string of the molecule is COC(CNC(=O)C(=O)Nc1ccc(Cl)c(C(F)(F)F)c1)OC. The Bertz CT molecular complexity index is 577. The highest BCUT2D eigenvalue weighted by molar-refractivity contribution is 6.39. The van der Waals surface area contributed by atoms with Gasteiger partial charge >= 0.3 is 18.0 Å². The molecule has 1 aromatic carbocycles. The highest BCUT2D eigenvalue weighted by Crippen LogP contribution is 2.36. The third-order valence-electron chi connectivity index (χ3n) is 2.69. The maximum absolute atomic E-state index is 12.7. The van der Waals surface area contributed by atoms with E-state index in [-0.39, 0.29) is 12.2 Å². The molecule has 128 valence electrons. The van der Waals surface area contributed by atoms with Crippen molar-refractivity contribution in [2.75, 3.05) is 26.1 Å². The normalized spacial score (nSPS) is 11.4. The second-order valence-electron chi connectivity index (χ2n) is 4.26. The van der Waals surface area contributed by atoms with Crippen molar-refractivity contribution in [1.29, 1.82) is 0 Å². The number of rotatable bonds is 5. The molecule has 0 radical (unpaired) electrons. The molecule has 0 heterocycles. The average Bonchev–Trinajstić information content (AvgIpc) is 2.48. The molecule has 1 aromatic rings. The molecule has 1 rings (SSSR count). The molecule has 0 fully saturated rings. The van der Waals surface area contributed by atoms with E-state index in [0.29, 0.717) is 6.07 Å². The monoisotopic (exact) mass is 354 g/mol. The molecule has 0 atom stereocenters. The number of ether oxygens (including phenoxy) is 2. The van der Waals surface area contributed by atoms with E-state index in [1.807, 2.05) is 5.32 Å². The zero-order chi connectivity index (χ0) is 17.6. The number of carbonyl (C=O) groups excluding carboxylic acids is 2. The Kier molecular flexibility index (Phi) is 6.79. The van der Waals surface area contributed by atoms with Gasteiger partial charge in [0, 0.05) is 19.9 Å². The van der Waals surface area contributed by atoms with Gasteiger partial charge in [0.1, 0.15) is 0 Å². The number of halogens is 4. The fourth-order valence-corrected chi connectivity index (χ4v) is 1.75. The molecular formula is C13H14ClF3N2O4. The molecule has 10 heteroatoms. The van der Waals surface area contributed by atoms with Crippen molar-refractivity contribution >= 4 is 29.1 Å². The molecule has 0 saturated carbocycles. The van der Waals surface area contributed by atoms with Crippen LogP contribution in [0.25, 0.3) is 0 Å². The van der Waals surface area contributed by atoms with Gasteiger partial charge in [0.25, 0.3) is 0 Å². The molecule has 0 aliphatic heterocycles. The average molecular weight is 355 g/mol. The topological polar surface area (TPSA) is 76.7 Å². The van der Waals surface area contributed by atoms with Crippen LogP contribution < -0.4 is 10.6 Å². The van der Waals surface area contributed by atoms with Gasteiger partial charge in [-0.1, -0.05) is 11.6 Å². The Morgan fingerprint density at radius 2 is 1.83 bits per heavy atom. The van der Waals surface area contributed by atoms with Crippen LogP contribution in [0, 0.1) is 0 Å². The molecule has 0 aromatic heterocycles. The number of alkyl halides is 3. The lowest BCUT2D eigenvalue weighted by molar-refractivity contribution is -0.139. The Morgan fingerprint density at radius 3 is 2.35 bits per heavy atom. The van der Waals surface area contributed by atoms with E-state index < -0.39 is 34.9 Å². The van der Waals surface area contributed by atoms with Crippen LogP contribution in [0.4, 0.5) is 18.9 Å². The van der Waals surface area contributed by atoms with Crippen LogP contribution in [0.3, 0.4) is 0 Å². The molecule has 23 heavy (non-hydrogen) atoms. The van der Waals surface area contributed by atoms with Crippen LogP contribution in [0.2, 0.25) is 5.02 Å². The minimum atomic E-state index is -4.68. The maximum Gasteiger partial charge on any atom is 0.417 e. The predicted octanol–water partition coefficient (Wildman–Crippen LogP) is 2.03. The second kappa shape index (κ2) is 8.14. The lowest BCUT2D eigenvalue weighted by Crippen LogP contribution is -2.40. The summed E-state index contributed by atoms with van der Waals surface area (Å²) >= 11 is 5.46. The fraction of sp³-hybridized carbons (Fsp3) is 0.385. The Hall–Kier alpha value is -1.84. The van der Waals surface area contributed by atoms with Crippen molar-refractivity contribution in [3.05, 3.63) is 28.8 Å². The standard InChI is InChI=1S/C13H14ClF3N2O4/c1-22-10(23-2)6-18-11(20)12(21)19-7-3-4-9(14)8(5-7)13(15,16)17/h3-5,10H,6H2,1-2H3,(H,18,20)(H,19,21). The molecule has 0 bridgehead atoms. The quantitative estimate of drug-likeness (QED) is 0.626. The third kappa shape index (κ3) is 5.70. The lowest BCUT2D eigenvalue weighted by Gasteiger charge is -2.14. The summed E-state index contributed by atoms with van der Waals surface area (Å²) in [5.74, 6) is -2.18. The predicted molar refractivity (Wildman–Crippen MR) is 75.9 cm³/mol. The molecule has 0 unspecified atom stereocenters. The van der Waals surface area contributed by atoms with E-state index >= 15 is 0 Å². The van der Waals surface area contributed by atoms with Crippen LogP contribution >= 0.6 is 11.6 Å². The molecule has 0 aliphatic rings. The van der Waals surface area contributed by atoms with E-state index in [9.17, 15) is 22.8 Å². The Labute approximate surface area is 134 Å². The smallest absolute Gasteiger partial charge is 0.354 e. The van der Waals surface area contributed by atoms with Gasteiger partial charge in [-0.15, -0.1) is 0 Å². The molecule has 6 nitrogen and oxygen atoms in total. The minimum absolute atomic E-state index is 0.103. The van der Waals surface area contributed by atoms with Crippen LogP contribution in [0.5, 0.6) is 0 Å². The maximum atomic E-state index is 12.7. The second-order valence-corrected chi connectivity index (χ2v) is 4.66. The summed E-state index contributed by atoms with van der Waals surface area (Å²) in [6.07, 6.45) is -5.43. The number of hydrogen-bond acceptors (Lipinski definition) is 4. The summed E-state index contributed by atoms with van der Waals surface area (Å²) in [6, 6.07) is 2.76. The largest absolute Gasteiger partial charge is 0.417 e. The third-order valence-corrected chi connectivity index (χ3v) is 3.02. The summed E-state index contributed by atoms with van der Waals surface area (Å²) in [4.78, 5) is 23.2. The number of methoxy groups -OCH3 is 2. The first-order valence-corrected chi connectivity index (χ1v) is 6.58. The highest BCUT2D eigenvalue weighted by atomic mass is 35.5. The highest BCUT2D eigenvalue weighted by Gasteiger charge is 2.33. The molecule has 0 saturated heterocycles. The molecule has 0 spiro atoms. The van der Waals surface area contributed by atoms with E-state index in [1.165, 1.54) is 14.2 Å². The van der Waals surface area contributed by atoms with Crippen molar-refractivity contribution in [2.45, 2.75) is 12.5 Å². The van der Waals surface area contributed by atoms with Crippen LogP contribution in [0.15, 0.2) is 18.2 Å². The number of amides is 2. The number of nitrogens with one attached hydrogen (secondary N) is 2. The van der Waals surface area contributed by atoms with Gasteiger partial charge in [-0.3, -0.25) is 9.59 Å². The lowest BCUT2D eigenvalue weighted by atomic mass is 10.2. The van der Waals surface area contributed by atoms with Gasteiger partial charge in [-0.05, 0) is 18.2 Å². The van der Waals surface area contributed by atoms with E-state index in [0.717, 1.165) is 12.1 Å². The zero-order valence-corrected chi connectivity index (χ0v) is 12.9. The van der Waals surface area contributed by atoms with Crippen LogP contribution in [0.1, 0.15) is 5.56 Å². The van der Waals surface area contributed by atoms with Crippen molar-refractivity contribution in [3.63, 3.8) is 0 Å². The first kappa shape index (κ1) is 19.2. The Morgan fingerprint density at radius 1 is 1.22 bits per heavy atom. The molecule has 2 N–H and O–H groups in total. The summed E-state index contributed by atoms with van der Waals surface area (Å²) in [7, 11) is 2.68. The summed E-state index contributed by atoms with van der Waals surface area (Å²) in [5, 5.41) is 3.75. The summed E-state index contributed by atoms with van der Waals surface area (Å²) < 4.78 is 47.7. The van der Waals surface area contributed by atoms with Crippen LogP contribution in [-0.4, -0.2) is 38.9 Å². The summed E-state index contributed by atoms with van der Waals surface area (Å²) in [5.41, 5.74) is -1.33. The van der Waals surface area contributed by atoms with E-state index in [2.05, 4.69) is 5.32 Å². The van der Waals surface area contributed by atoms with Crippen molar-refractivity contribution in [3.8, 4) is 0 Å². The first-order chi connectivity index (χ1) is 10.7. The minimum Gasteiger partial charge on any atom is -0.354 e. The van der Waals surface area contributed by atoms with Crippen LogP contribution in [-0.2, 0) is 25.2 Å². The van der Waals surface area contributed by atoms with Crippen molar-refractivity contribution in [2.24, 2.45) is 0 Å². The van der Waals surface area contributed by atoms with Gasteiger partial charge in [0.05, 0.1) is 17.1 Å². The van der Waals surface area contributed by atoms with Gasteiger partial charge in [0.15, 0.2) is 6.29 Å². The summed E-state index contributed by atoms with van der Waals surface area (Å²) in [6.45, 7) is -0.103. The van der Waals surface area contributed by atoms with Gasteiger partial charge < -0.3 is 20.1 Å². The van der Waals surface area contributed by atoms with Crippen molar-refractivity contribution in [1.82, 2.24) is 5.32 Å². The van der Waals surface area contributed by atoms with Gasteiger partial charge in [0.2, 0.25) is 0 Å². The number of anilines is 1. The number of hydrogen-bond donors (Lipinski definition) is 2.